The zero-order valence-corrected chi connectivity index (χ0v) is 7.76. The van der Waals surface area contributed by atoms with E-state index in [1.165, 1.54) is 12.1 Å². The van der Waals surface area contributed by atoms with E-state index in [9.17, 15) is 4.39 Å². The summed E-state index contributed by atoms with van der Waals surface area (Å²) in [5, 5.41) is 0. The SMILES string of the molecule is CC=C(C)C#Cc1ccc(F)cc1. The van der Waals surface area contributed by atoms with Crippen molar-refractivity contribution in [3.8, 4) is 11.8 Å². The molecule has 0 aliphatic heterocycles. The molecule has 1 aromatic carbocycles. The molecule has 0 nitrogen and oxygen atoms in total. The van der Waals surface area contributed by atoms with Crippen molar-refractivity contribution in [2.24, 2.45) is 0 Å². The highest BCUT2D eigenvalue weighted by Crippen LogP contribution is 2.01. The minimum atomic E-state index is -0.228. The molecule has 0 saturated carbocycles. The summed E-state index contributed by atoms with van der Waals surface area (Å²) in [4.78, 5) is 0. The van der Waals surface area contributed by atoms with Crippen LogP contribution in [-0.2, 0) is 0 Å². The molecule has 66 valence electrons. The van der Waals surface area contributed by atoms with Crippen LogP contribution in [0.15, 0.2) is 35.9 Å². The smallest absolute Gasteiger partial charge is 0.123 e. The van der Waals surface area contributed by atoms with Gasteiger partial charge in [0.25, 0.3) is 0 Å². The number of benzene rings is 1. The van der Waals surface area contributed by atoms with Crippen molar-refractivity contribution < 1.29 is 4.39 Å². The predicted molar refractivity (Wildman–Crippen MR) is 52.7 cm³/mol. The highest BCUT2D eigenvalue weighted by Gasteiger charge is 1.87. The Morgan fingerprint density at radius 3 is 2.46 bits per heavy atom. The van der Waals surface area contributed by atoms with E-state index in [1.54, 1.807) is 12.1 Å². The molecule has 0 bridgehead atoms. The maximum atomic E-state index is 12.5. The molecular formula is C12H11F. The van der Waals surface area contributed by atoms with Crippen LogP contribution in [-0.4, -0.2) is 0 Å². The average Bonchev–Trinajstić information content (AvgIpc) is 2.16. The summed E-state index contributed by atoms with van der Waals surface area (Å²) in [7, 11) is 0. The fraction of sp³-hybridized carbons (Fsp3) is 0.167. The maximum absolute atomic E-state index is 12.5. The second kappa shape index (κ2) is 4.47. The highest BCUT2D eigenvalue weighted by atomic mass is 19.1. The van der Waals surface area contributed by atoms with E-state index >= 15 is 0 Å². The molecule has 0 aliphatic carbocycles. The Hall–Kier alpha value is -1.55. The number of hydrogen-bond acceptors (Lipinski definition) is 0. The lowest BCUT2D eigenvalue weighted by atomic mass is 10.2. The zero-order chi connectivity index (χ0) is 9.68. The van der Waals surface area contributed by atoms with Gasteiger partial charge >= 0.3 is 0 Å². The molecule has 0 N–H and O–H groups in total. The van der Waals surface area contributed by atoms with E-state index in [1.807, 2.05) is 19.9 Å². The molecule has 0 aliphatic rings. The number of rotatable bonds is 0. The molecule has 0 aromatic heterocycles. The van der Waals surface area contributed by atoms with Crippen LogP contribution in [0.3, 0.4) is 0 Å². The first-order chi connectivity index (χ1) is 6.22. The van der Waals surface area contributed by atoms with Gasteiger partial charge in [-0.2, -0.15) is 0 Å². The first kappa shape index (κ1) is 9.54. The summed E-state index contributed by atoms with van der Waals surface area (Å²) < 4.78 is 12.5. The lowest BCUT2D eigenvalue weighted by Crippen LogP contribution is -1.76. The Morgan fingerprint density at radius 2 is 1.92 bits per heavy atom. The third-order valence-electron chi connectivity index (χ3n) is 1.68. The first-order valence-corrected chi connectivity index (χ1v) is 4.13. The van der Waals surface area contributed by atoms with Gasteiger partial charge in [0.05, 0.1) is 0 Å². The van der Waals surface area contributed by atoms with Crippen LogP contribution < -0.4 is 0 Å². The monoisotopic (exact) mass is 174 g/mol. The van der Waals surface area contributed by atoms with Crippen molar-refractivity contribution in [3.63, 3.8) is 0 Å². The Bertz CT molecular complexity index is 360. The molecule has 0 unspecified atom stereocenters. The molecule has 0 heterocycles. The lowest BCUT2D eigenvalue weighted by molar-refractivity contribution is 0.627. The van der Waals surface area contributed by atoms with Crippen molar-refractivity contribution in [1.29, 1.82) is 0 Å². The van der Waals surface area contributed by atoms with Gasteiger partial charge in [-0.05, 0) is 43.7 Å². The summed E-state index contributed by atoms with van der Waals surface area (Å²) in [6, 6.07) is 6.17. The molecule has 0 radical (unpaired) electrons. The normalized spacial score (nSPS) is 10.5. The summed E-state index contributed by atoms with van der Waals surface area (Å²) in [6.07, 6.45) is 1.94. The average molecular weight is 174 g/mol. The topological polar surface area (TPSA) is 0 Å². The van der Waals surface area contributed by atoms with Crippen LogP contribution in [0.2, 0.25) is 0 Å². The van der Waals surface area contributed by atoms with Crippen molar-refractivity contribution in [3.05, 3.63) is 47.3 Å². The largest absolute Gasteiger partial charge is 0.207 e. The van der Waals surface area contributed by atoms with Gasteiger partial charge in [0.2, 0.25) is 0 Å². The van der Waals surface area contributed by atoms with Gasteiger partial charge in [-0.25, -0.2) is 4.39 Å². The molecule has 0 spiro atoms. The van der Waals surface area contributed by atoms with Crippen LogP contribution in [0.25, 0.3) is 0 Å². The second-order valence-corrected chi connectivity index (χ2v) is 2.73. The minimum Gasteiger partial charge on any atom is -0.207 e. The summed E-state index contributed by atoms with van der Waals surface area (Å²) >= 11 is 0. The minimum absolute atomic E-state index is 0.228. The van der Waals surface area contributed by atoms with E-state index in [4.69, 9.17) is 0 Å². The van der Waals surface area contributed by atoms with Gasteiger partial charge in [0, 0.05) is 5.56 Å². The number of allylic oxidation sites excluding steroid dienone is 2. The van der Waals surface area contributed by atoms with E-state index < -0.39 is 0 Å². The predicted octanol–water partition coefficient (Wildman–Crippen LogP) is 3.14. The van der Waals surface area contributed by atoms with E-state index in [0.717, 1.165) is 11.1 Å². The molecule has 0 fully saturated rings. The van der Waals surface area contributed by atoms with Gasteiger partial charge in [-0.1, -0.05) is 17.9 Å². The van der Waals surface area contributed by atoms with E-state index in [2.05, 4.69) is 11.8 Å². The van der Waals surface area contributed by atoms with E-state index in [0.29, 0.717) is 0 Å². The van der Waals surface area contributed by atoms with Gasteiger partial charge in [-0.15, -0.1) is 0 Å². The summed E-state index contributed by atoms with van der Waals surface area (Å²) in [5.41, 5.74) is 1.85. The third-order valence-corrected chi connectivity index (χ3v) is 1.68. The fourth-order valence-corrected chi connectivity index (χ4v) is 0.776. The van der Waals surface area contributed by atoms with Crippen molar-refractivity contribution >= 4 is 0 Å². The van der Waals surface area contributed by atoms with Gasteiger partial charge in [0.1, 0.15) is 5.82 Å². The highest BCUT2D eigenvalue weighted by molar-refractivity contribution is 5.39. The molecule has 0 saturated heterocycles. The van der Waals surface area contributed by atoms with E-state index in [-0.39, 0.29) is 5.82 Å². The molecule has 1 heteroatoms. The molecule has 1 aromatic rings. The van der Waals surface area contributed by atoms with Gasteiger partial charge in [-0.3, -0.25) is 0 Å². The van der Waals surface area contributed by atoms with Crippen LogP contribution in [0.1, 0.15) is 19.4 Å². The number of hydrogen-bond donors (Lipinski definition) is 0. The van der Waals surface area contributed by atoms with Gasteiger partial charge in [0.15, 0.2) is 0 Å². The first-order valence-electron chi connectivity index (χ1n) is 4.13. The molecule has 0 atom stereocenters. The Kier molecular flexibility index (Phi) is 3.28. The second-order valence-electron chi connectivity index (χ2n) is 2.73. The third kappa shape index (κ3) is 3.13. The van der Waals surface area contributed by atoms with Crippen molar-refractivity contribution in [2.75, 3.05) is 0 Å². The molecular weight excluding hydrogens is 163 g/mol. The fourth-order valence-electron chi connectivity index (χ4n) is 0.776. The summed E-state index contributed by atoms with van der Waals surface area (Å²) in [5.74, 6) is 5.67. The molecule has 1 rings (SSSR count). The summed E-state index contributed by atoms with van der Waals surface area (Å²) in [6.45, 7) is 3.88. The van der Waals surface area contributed by atoms with Crippen LogP contribution in [0, 0.1) is 17.7 Å². The van der Waals surface area contributed by atoms with Crippen LogP contribution >= 0.6 is 0 Å². The van der Waals surface area contributed by atoms with Crippen LogP contribution in [0.4, 0.5) is 4.39 Å². The van der Waals surface area contributed by atoms with Crippen LogP contribution in [0.5, 0.6) is 0 Å². The number of halogens is 1. The Morgan fingerprint density at radius 1 is 1.31 bits per heavy atom. The van der Waals surface area contributed by atoms with Crippen molar-refractivity contribution in [1.82, 2.24) is 0 Å². The lowest BCUT2D eigenvalue weighted by Gasteiger charge is -1.89. The zero-order valence-electron chi connectivity index (χ0n) is 7.76. The quantitative estimate of drug-likeness (QED) is 0.530. The Balaban J connectivity index is 2.84. The molecule has 0 amide bonds. The Labute approximate surface area is 78.1 Å². The van der Waals surface area contributed by atoms with Crippen molar-refractivity contribution in [2.45, 2.75) is 13.8 Å². The maximum Gasteiger partial charge on any atom is 0.123 e. The standard InChI is InChI=1S/C12H11F/c1-3-10(2)4-5-11-6-8-12(13)9-7-11/h3,6-9H,1-2H3. The molecule has 13 heavy (non-hydrogen) atoms. The van der Waals surface area contributed by atoms with Gasteiger partial charge < -0.3 is 0 Å².